The molecule has 4 heteroatoms. The molecule has 0 radical (unpaired) electrons. The fourth-order valence-electron chi connectivity index (χ4n) is 7.84. The van der Waals surface area contributed by atoms with Gasteiger partial charge in [-0.1, -0.05) is 127 Å². The number of aromatic nitrogens is 3. The predicted octanol–water partition coefficient (Wildman–Crippen LogP) is 10.8. The second-order valence-corrected chi connectivity index (χ2v) is 12.6. The summed E-state index contributed by atoms with van der Waals surface area (Å²) in [5, 5.41) is 3.44. The van der Waals surface area contributed by atoms with E-state index in [9.17, 15) is 0 Å². The van der Waals surface area contributed by atoms with Crippen LogP contribution in [0.1, 0.15) is 11.5 Å². The molecule has 8 aromatic rings. The standard InChI is InChI=1S/C44H30N4/c1-3-15-29(16-4-1)43-34-22-7-11-23-38(34)45-44(46-43)48-41-26-14-10-21-33(41)37-27-35-31-19-8-12-24-39(31)47(30-17-5-2-6-18-30)40-25-13-9-20-32(40)36(35)28-42(37)48/h1-28,31,39H. The molecule has 4 nitrogen and oxygen atoms in total. The third kappa shape index (κ3) is 4.02. The lowest BCUT2D eigenvalue weighted by Crippen LogP contribution is -2.34. The molecule has 0 saturated heterocycles. The number of benzene rings is 6. The van der Waals surface area contributed by atoms with Gasteiger partial charge in [-0.05, 0) is 53.6 Å². The van der Waals surface area contributed by atoms with Gasteiger partial charge in [-0.25, -0.2) is 9.97 Å². The van der Waals surface area contributed by atoms with E-state index in [-0.39, 0.29) is 12.0 Å². The first-order valence-corrected chi connectivity index (χ1v) is 16.5. The van der Waals surface area contributed by atoms with Crippen LogP contribution in [0.3, 0.4) is 0 Å². The molecule has 10 rings (SSSR count). The Morgan fingerprint density at radius 3 is 2.10 bits per heavy atom. The third-order valence-electron chi connectivity index (χ3n) is 9.93. The number of hydrogen-bond donors (Lipinski definition) is 0. The average molecular weight is 615 g/mol. The van der Waals surface area contributed by atoms with Crippen molar-refractivity contribution in [3.63, 3.8) is 0 Å². The molecule has 1 aliphatic heterocycles. The summed E-state index contributed by atoms with van der Waals surface area (Å²) in [6.45, 7) is 0. The van der Waals surface area contributed by atoms with Crippen molar-refractivity contribution in [1.29, 1.82) is 0 Å². The van der Waals surface area contributed by atoms with Crippen LogP contribution in [-0.4, -0.2) is 20.6 Å². The molecule has 48 heavy (non-hydrogen) atoms. The Hall–Kier alpha value is -6.26. The summed E-state index contributed by atoms with van der Waals surface area (Å²) in [4.78, 5) is 13.1. The summed E-state index contributed by atoms with van der Waals surface area (Å²) >= 11 is 0. The maximum absolute atomic E-state index is 5.33. The highest BCUT2D eigenvalue weighted by atomic mass is 15.2. The van der Waals surface area contributed by atoms with E-state index in [1.807, 2.05) is 6.07 Å². The van der Waals surface area contributed by atoms with E-state index in [4.69, 9.17) is 9.97 Å². The highest BCUT2D eigenvalue weighted by molar-refractivity contribution is 6.11. The second-order valence-electron chi connectivity index (χ2n) is 12.6. The zero-order chi connectivity index (χ0) is 31.6. The minimum Gasteiger partial charge on any atom is -0.333 e. The van der Waals surface area contributed by atoms with Crippen molar-refractivity contribution in [2.24, 2.45) is 0 Å². The van der Waals surface area contributed by atoms with Gasteiger partial charge in [-0.2, -0.15) is 0 Å². The van der Waals surface area contributed by atoms with Gasteiger partial charge in [0.05, 0.1) is 28.3 Å². The fourth-order valence-corrected chi connectivity index (χ4v) is 7.84. The molecule has 0 spiro atoms. The first-order chi connectivity index (χ1) is 23.8. The smallest absolute Gasteiger partial charge is 0.235 e. The van der Waals surface area contributed by atoms with Crippen LogP contribution in [0.15, 0.2) is 170 Å². The van der Waals surface area contributed by atoms with Crippen molar-refractivity contribution >= 4 is 44.1 Å². The third-order valence-corrected chi connectivity index (χ3v) is 9.93. The van der Waals surface area contributed by atoms with Crippen LogP contribution < -0.4 is 4.90 Å². The van der Waals surface area contributed by atoms with E-state index >= 15 is 0 Å². The molecule has 226 valence electrons. The van der Waals surface area contributed by atoms with E-state index in [2.05, 4.69) is 173 Å². The summed E-state index contributed by atoms with van der Waals surface area (Å²) in [6.07, 6.45) is 9.11. The van der Waals surface area contributed by atoms with E-state index < -0.39 is 0 Å². The van der Waals surface area contributed by atoms with E-state index in [0.717, 1.165) is 33.2 Å². The first kappa shape index (κ1) is 26.9. The molecule has 1 aliphatic carbocycles. The van der Waals surface area contributed by atoms with Gasteiger partial charge in [0.25, 0.3) is 0 Å². The van der Waals surface area contributed by atoms with Crippen LogP contribution in [0.4, 0.5) is 11.4 Å². The van der Waals surface area contributed by atoms with Crippen LogP contribution in [0.25, 0.3) is 61.0 Å². The van der Waals surface area contributed by atoms with Gasteiger partial charge in [-0.3, -0.25) is 4.57 Å². The largest absolute Gasteiger partial charge is 0.333 e. The summed E-state index contributed by atoms with van der Waals surface area (Å²) in [5.74, 6) is 0.829. The van der Waals surface area contributed by atoms with Crippen molar-refractivity contribution in [2.75, 3.05) is 4.90 Å². The lowest BCUT2D eigenvalue weighted by Gasteiger charge is -2.36. The molecule has 0 amide bonds. The maximum Gasteiger partial charge on any atom is 0.235 e. The summed E-state index contributed by atoms with van der Waals surface area (Å²) in [5.41, 5.74) is 11.3. The van der Waals surface area contributed by atoms with Crippen LogP contribution in [0, 0.1) is 0 Å². The number of allylic oxidation sites excluding steroid dienone is 2. The maximum atomic E-state index is 5.33. The predicted molar refractivity (Wildman–Crippen MR) is 198 cm³/mol. The topological polar surface area (TPSA) is 34.0 Å². The van der Waals surface area contributed by atoms with Gasteiger partial charge >= 0.3 is 0 Å². The SMILES string of the molecule is C1=CC2c3cc4c5ccccc5n(-c5nc(-c6ccccc6)c6ccccc6n5)c4cc3-c3ccccc3N(c3ccccc3)C2C=C1. The van der Waals surface area contributed by atoms with Crippen molar-refractivity contribution in [2.45, 2.75) is 12.0 Å². The zero-order valence-corrected chi connectivity index (χ0v) is 26.1. The Morgan fingerprint density at radius 2 is 1.23 bits per heavy atom. The van der Waals surface area contributed by atoms with Crippen molar-refractivity contribution < 1.29 is 0 Å². The molecule has 2 aromatic heterocycles. The molecule has 0 fully saturated rings. The number of rotatable bonds is 3. The molecule has 6 aromatic carbocycles. The van der Waals surface area contributed by atoms with E-state index in [0.29, 0.717) is 5.95 Å². The molecule has 0 saturated carbocycles. The lowest BCUT2D eigenvalue weighted by atomic mass is 9.84. The van der Waals surface area contributed by atoms with E-state index in [1.165, 1.54) is 38.8 Å². The van der Waals surface area contributed by atoms with E-state index in [1.54, 1.807) is 0 Å². The van der Waals surface area contributed by atoms with Gasteiger partial charge in [0.1, 0.15) is 0 Å². The lowest BCUT2D eigenvalue weighted by molar-refractivity contribution is 0.698. The summed E-state index contributed by atoms with van der Waals surface area (Å²) < 4.78 is 2.26. The molecular formula is C44H30N4. The molecule has 2 atom stereocenters. The van der Waals surface area contributed by atoms with Crippen LogP contribution in [0.5, 0.6) is 0 Å². The Morgan fingerprint density at radius 1 is 0.521 bits per heavy atom. The molecule has 2 unspecified atom stereocenters. The number of para-hydroxylation sites is 4. The van der Waals surface area contributed by atoms with Gasteiger partial charge in [-0.15, -0.1) is 0 Å². The summed E-state index contributed by atoms with van der Waals surface area (Å²) in [7, 11) is 0. The Bertz CT molecular complexity index is 2580. The molecule has 3 heterocycles. The summed E-state index contributed by atoms with van der Waals surface area (Å²) in [6, 6.07) is 52.0. The monoisotopic (exact) mass is 614 g/mol. The van der Waals surface area contributed by atoms with Crippen molar-refractivity contribution in [3.05, 3.63) is 175 Å². The number of hydrogen-bond acceptors (Lipinski definition) is 3. The Balaban J connectivity index is 1.30. The van der Waals surface area contributed by atoms with Crippen LogP contribution in [0.2, 0.25) is 0 Å². The minimum atomic E-state index is 0.128. The number of fused-ring (bicyclic) bond motifs is 9. The molecule has 0 N–H and O–H groups in total. The zero-order valence-electron chi connectivity index (χ0n) is 26.1. The highest BCUT2D eigenvalue weighted by Crippen LogP contribution is 2.50. The Kier molecular flexibility index (Phi) is 5.97. The Labute approximate surface area is 278 Å². The van der Waals surface area contributed by atoms with Gasteiger partial charge in [0.2, 0.25) is 5.95 Å². The fraction of sp³-hybridized carbons (Fsp3) is 0.0455. The number of anilines is 2. The van der Waals surface area contributed by atoms with Gasteiger partial charge in [0.15, 0.2) is 0 Å². The highest BCUT2D eigenvalue weighted by Gasteiger charge is 2.35. The quantitative estimate of drug-likeness (QED) is 0.199. The molecule has 0 bridgehead atoms. The van der Waals surface area contributed by atoms with Crippen LogP contribution >= 0.6 is 0 Å². The van der Waals surface area contributed by atoms with Gasteiger partial charge < -0.3 is 4.90 Å². The molecule has 2 aliphatic rings. The minimum absolute atomic E-state index is 0.128. The van der Waals surface area contributed by atoms with Crippen molar-refractivity contribution in [3.8, 4) is 28.3 Å². The first-order valence-electron chi connectivity index (χ1n) is 16.5. The average Bonchev–Trinajstić information content (AvgIpc) is 3.42. The van der Waals surface area contributed by atoms with Crippen LogP contribution in [-0.2, 0) is 0 Å². The normalized spacial score (nSPS) is 16.5. The van der Waals surface area contributed by atoms with Gasteiger partial charge in [0, 0.05) is 44.6 Å². The van der Waals surface area contributed by atoms with Crippen molar-refractivity contribution in [1.82, 2.24) is 14.5 Å². The molecular weight excluding hydrogens is 585 g/mol. The second kappa shape index (κ2) is 10.6. The number of nitrogens with zero attached hydrogens (tertiary/aromatic N) is 4.